The van der Waals surface area contributed by atoms with Gasteiger partial charge in [0.25, 0.3) is 5.92 Å². The SMILES string of the molecule is [B]C(CCSC)C(F)(P)C(F)C([B])(P)C(F)(F)C(C)(C)F. The minimum absolute atomic E-state index is 0.0624. The maximum Gasteiger partial charge on any atom is 0.284 e. The van der Waals surface area contributed by atoms with Crippen molar-refractivity contribution < 1.29 is 22.0 Å². The van der Waals surface area contributed by atoms with E-state index in [4.69, 9.17) is 15.7 Å². The largest absolute Gasteiger partial charge is 0.284 e. The van der Waals surface area contributed by atoms with E-state index in [2.05, 4.69) is 0 Å². The predicted molar refractivity (Wildman–Crippen MR) is 89.3 cm³/mol. The van der Waals surface area contributed by atoms with Crippen LogP contribution in [-0.4, -0.2) is 55.9 Å². The van der Waals surface area contributed by atoms with Gasteiger partial charge in [-0.25, -0.2) is 22.0 Å². The van der Waals surface area contributed by atoms with Gasteiger partial charge in [-0.05, 0) is 38.1 Å². The molecule has 0 saturated heterocycles. The number of rotatable bonds is 8. The van der Waals surface area contributed by atoms with Crippen LogP contribution in [0.2, 0.25) is 5.82 Å². The second-order valence-corrected chi connectivity index (χ2v) is 8.38. The van der Waals surface area contributed by atoms with Gasteiger partial charge < -0.3 is 0 Å². The summed E-state index contributed by atoms with van der Waals surface area (Å²) in [7, 11) is 13.6. The Morgan fingerprint density at radius 1 is 1.14 bits per heavy atom. The van der Waals surface area contributed by atoms with Crippen molar-refractivity contribution in [2.24, 2.45) is 0 Å². The molecule has 0 bridgehead atoms. The molecule has 0 amide bonds. The van der Waals surface area contributed by atoms with Crippen LogP contribution in [0.15, 0.2) is 0 Å². The van der Waals surface area contributed by atoms with Gasteiger partial charge >= 0.3 is 0 Å². The molecule has 10 heteroatoms. The molecule has 6 atom stereocenters. The Bertz CT molecular complexity index is 350. The Morgan fingerprint density at radius 2 is 1.57 bits per heavy atom. The summed E-state index contributed by atoms with van der Waals surface area (Å²) in [5.74, 6) is -5.27. The smallest absolute Gasteiger partial charge is 0.243 e. The van der Waals surface area contributed by atoms with E-state index < -0.39 is 34.0 Å². The van der Waals surface area contributed by atoms with Gasteiger partial charge in [0, 0.05) is 5.06 Å². The highest BCUT2D eigenvalue weighted by molar-refractivity contribution is 7.98. The van der Waals surface area contributed by atoms with Crippen LogP contribution in [0, 0.1) is 0 Å². The zero-order valence-corrected chi connectivity index (χ0v) is 15.3. The molecule has 120 valence electrons. The summed E-state index contributed by atoms with van der Waals surface area (Å²) in [6.45, 7) is 1.11. The van der Waals surface area contributed by atoms with Crippen LogP contribution in [0.25, 0.3) is 0 Å². The highest BCUT2D eigenvalue weighted by atomic mass is 32.2. The minimum atomic E-state index is -4.32. The Labute approximate surface area is 134 Å². The van der Waals surface area contributed by atoms with Crippen molar-refractivity contribution in [3.05, 3.63) is 0 Å². The van der Waals surface area contributed by atoms with E-state index in [-0.39, 0.29) is 6.42 Å². The van der Waals surface area contributed by atoms with E-state index in [0.29, 0.717) is 19.6 Å². The Balaban J connectivity index is 5.42. The van der Waals surface area contributed by atoms with Crippen LogP contribution in [0.1, 0.15) is 20.3 Å². The van der Waals surface area contributed by atoms with Crippen LogP contribution in [0.4, 0.5) is 22.0 Å². The molecule has 4 radical (unpaired) electrons. The molecule has 0 spiro atoms. The molecule has 21 heavy (non-hydrogen) atoms. The van der Waals surface area contributed by atoms with E-state index in [1.165, 1.54) is 30.2 Å². The van der Waals surface area contributed by atoms with Crippen molar-refractivity contribution in [1.82, 2.24) is 0 Å². The van der Waals surface area contributed by atoms with Gasteiger partial charge in [0.05, 0.1) is 15.7 Å². The first-order valence-electron chi connectivity index (χ1n) is 6.14. The molecule has 0 rings (SSSR count). The average Bonchev–Trinajstić information content (AvgIpc) is 2.32. The number of hydrogen-bond acceptors (Lipinski definition) is 1. The second-order valence-electron chi connectivity index (χ2n) is 5.56. The number of hydrogen-bond donors (Lipinski definition) is 0. The Kier molecular flexibility index (Phi) is 7.60. The van der Waals surface area contributed by atoms with Crippen LogP contribution in [0.5, 0.6) is 0 Å². The molecule has 0 fully saturated rings. The summed E-state index contributed by atoms with van der Waals surface area (Å²) >= 11 is 1.35. The lowest BCUT2D eigenvalue weighted by Gasteiger charge is -2.46. The number of halogens is 5. The summed E-state index contributed by atoms with van der Waals surface area (Å²) in [5.41, 5.74) is -3.13. The maximum atomic E-state index is 14.5. The van der Waals surface area contributed by atoms with Gasteiger partial charge in [-0.1, -0.05) is 9.24 Å². The zero-order chi connectivity index (χ0) is 17.3. The molecular weight excluding hydrogens is 343 g/mol. The van der Waals surface area contributed by atoms with Gasteiger partial charge in [0.15, 0.2) is 5.67 Å². The van der Waals surface area contributed by atoms with Gasteiger partial charge in [0.1, 0.15) is 11.6 Å². The zero-order valence-electron chi connectivity index (χ0n) is 12.2. The van der Waals surface area contributed by atoms with Crippen LogP contribution in [-0.2, 0) is 0 Å². The fraction of sp³-hybridized carbons (Fsp3) is 1.00. The lowest BCUT2D eigenvalue weighted by Crippen LogP contribution is -2.63. The van der Waals surface area contributed by atoms with Gasteiger partial charge in [-0.15, -0.1) is 9.24 Å². The molecule has 0 aromatic heterocycles. The van der Waals surface area contributed by atoms with Crippen molar-refractivity contribution >= 4 is 45.9 Å². The van der Waals surface area contributed by atoms with Gasteiger partial charge in [0.2, 0.25) is 0 Å². The predicted octanol–water partition coefficient (Wildman–Crippen LogP) is 3.70. The quantitative estimate of drug-likeness (QED) is 0.361. The molecule has 0 saturated carbocycles. The fourth-order valence-corrected chi connectivity index (χ4v) is 3.42. The van der Waals surface area contributed by atoms with Crippen LogP contribution in [0.3, 0.4) is 0 Å². The highest BCUT2D eigenvalue weighted by Gasteiger charge is 2.65. The van der Waals surface area contributed by atoms with Crippen molar-refractivity contribution in [2.45, 2.75) is 54.3 Å². The van der Waals surface area contributed by atoms with E-state index in [1.54, 1.807) is 6.26 Å². The molecule has 0 aliphatic heterocycles. The summed E-state index contributed by atoms with van der Waals surface area (Å²) in [6.07, 6.45) is -1.10. The molecular formula is C11H19B2F5P2S. The van der Waals surface area contributed by atoms with Gasteiger partial charge in [-0.2, -0.15) is 11.8 Å². The third-order valence-electron chi connectivity index (χ3n) is 3.30. The standard InChI is InChI=1S/C11H19B2F5P2S/c1-8(2,15)11(17,18)10(13,20)7(14)9(16,19)6(12)4-5-21-3/h6-7H,4-5,19-20H2,1-3H3. The van der Waals surface area contributed by atoms with E-state index in [1.807, 2.05) is 0 Å². The topological polar surface area (TPSA) is 0 Å². The summed E-state index contributed by atoms with van der Waals surface area (Å²) < 4.78 is 70.6. The van der Waals surface area contributed by atoms with Crippen molar-refractivity contribution in [3.8, 4) is 0 Å². The highest BCUT2D eigenvalue weighted by Crippen LogP contribution is 2.53. The summed E-state index contributed by atoms with van der Waals surface area (Å²) in [4.78, 5) is 0. The third kappa shape index (κ3) is 4.51. The average molecular weight is 362 g/mol. The summed E-state index contributed by atoms with van der Waals surface area (Å²) in [6, 6.07) is 0. The molecule has 0 aromatic rings. The van der Waals surface area contributed by atoms with E-state index in [0.717, 1.165) is 0 Å². The molecule has 0 aliphatic rings. The molecule has 0 heterocycles. The number of alkyl halides is 5. The van der Waals surface area contributed by atoms with E-state index in [9.17, 15) is 22.0 Å². The van der Waals surface area contributed by atoms with E-state index >= 15 is 0 Å². The molecule has 0 aliphatic carbocycles. The first-order valence-corrected chi connectivity index (χ1v) is 8.69. The monoisotopic (exact) mass is 362 g/mol. The first-order chi connectivity index (χ1) is 9.14. The normalized spacial score (nSPS) is 22.2. The third-order valence-corrected chi connectivity index (χ3v) is 5.32. The fourth-order valence-electron chi connectivity index (χ4n) is 1.69. The van der Waals surface area contributed by atoms with Gasteiger partial charge in [-0.3, -0.25) is 0 Å². The Morgan fingerprint density at radius 3 is 1.90 bits per heavy atom. The minimum Gasteiger partial charge on any atom is -0.243 e. The van der Waals surface area contributed by atoms with Crippen LogP contribution < -0.4 is 0 Å². The molecule has 0 nitrogen and oxygen atoms in total. The summed E-state index contributed by atoms with van der Waals surface area (Å²) in [5, 5.41) is -6.04. The van der Waals surface area contributed by atoms with Crippen molar-refractivity contribution in [1.29, 1.82) is 0 Å². The second kappa shape index (κ2) is 7.26. The maximum absolute atomic E-state index is 14.5. The van der Waals surface area contributed by atoms with Crippen molar-refractivity contribution in [2.75, 3.05) is 12.0 Å². The lowest BCUT2D eigenvalue weighted by molar-refractivity contribution is -0.148. The first kappa shape index (κ1) is 22.0. The molecule has 6 unspecified atom stereocenters. The Hall–Kier alpha value is 0.990. The molecule has 0 N–H and O–H groups in total. The molecule has 0 aromatic carbocycles. The number of thioether (sulfide) groups is 1. The van der Waals surface area contributed by atoms with Crippen LogP contribution >= 0.6 is 30.2 Å². The lowest BCUT2D eigenvalue weighted by atomic mass is 9.66. The van der Waals surface area contributed by atoms with Crippen molar-refractivity contribution in [3.63, 3.8) is 0 Å².